The van der Waals surface area contributed by atoms with E-state index in [-0.39, 0.29) is 13.0 Å². The van der Waals surface area contributed by atoms with Crippen molar-refractivity contribution in [1.82, 2.24) is 5.32 Å². The second-order valence-corrected chi connectivity index (χ2v) is 5.67. The highest BCUT2D eigenvalue weighted by molar-refractivity contribution is 6.42. The molecule has 0 fully saturated rings. The first kappa shape index (κ1) is 17.4. The maximum Gasteiger partial charge on any atom is 0.311 e. The van der Waals surface area contributed by atoms with Gasteiger partial charge in [-0.25, -0.2) is 0 Å². The zero-order valence-electron chi connectivity index (χ0n) is 12.3. The summed E-state index contributed by atoms with van der Waals surface area (Å²) < 4.78 is 10.2. The molecule has 0 aliphatic rings. The Kier molecular flexibility index (Phi) is 6.07. The molecule has 1 amide bonds. The molecule has 23 heavy (non-hydrogen) atoms. The van der Waals surface area contributed by atoms with Gasteiger partial charge in [-0.05, 0) is 36.8 Å². The zero-order chi connectivity index (χ0) is 16.8. The van der Waals surface area contributed by atoms with Crippen LogP contribution >= 0.6 is 23.2 Å². The molecule has 7 heteroatoms. The smallest absolute Gasteiger partial charge is 0.311 e. The summed E-state index contributed by atoms with van der Waals surface area (Å²) in [7, 11) is 0. The maximum atomic E-state index is 11.9. The quantitative estimate of drug-likeness (QED) is 0.806. The Morgan fingerprint density at radius 1 is 1.26 bits per heavy atom. The van der Waals surface area contributed by atoms with Crippen LogP contribution in [0.15, 0.2) is 41.0 Å². The number of carbonyl (C=O) groups is 2. The van der Waals surface area contributed by atoms with Crippen molar-refractivity contribution < 1.29 is 18.7 Å². The fraction of sp³-hybridized carbons (Fsp3) is 0.250. The van der Waals surface area contributed by atoms with E-state index in [0.717, 1.165) is 0 Å². The molecule has 0 radical (unpaired) electrons. The molecular formula is C16H15Cl2NO4. The molecule has 5 nitrogen and oxygen atoms in total. The second-order valence-electron chi connectivity index (χ2n) is 4.85. The lowest BCUT2D eigenvalue weighted by molar-refractivity contribution is -0.154. The van der Waals surface area contributed by atoms with Crippen molar-refractivity contribution in [2.45, 2.75) is 26.0 Å². The van der Waals surface area contributed by atoms with Crippen LogP contribution in [0.2, 0.25) is 10.0 Å². The van der Waals surface area contributed by atoms with Crippen molar-refractivity contribution >= 4 is 35.1 Å². The summed E-state index contributed by atoms with van der Waals surface area (Å²) in [6.45, 7) is 1.74. The molecule has 0 aliphatic heterocycles. The molecule has 0 aliphatic carbocycles. The van der Waals surface area contributed by atoms with E-state index >= 15 is 0 Å². The highest BCUT2D eigenvalue weighted by Crippen LogP contribution is 2.22. The van der Waals surface area contributed by atoms with E-state index in [9.17, 15) is 9.59 Å². The van der Waals surface area contributed by atoms with Crippen molar-refractivity contribution in [2.24, 2.45) is 0 Å². The van der Waals surface area contributed by atoms with Gasteiger partial charge < -0.3 is 14.5 Å². The van der Waals surface area contributed by atoms with Crippen LogP contribution in [0.4, 0.5) is 0 Å². The van der Waals surface area contributed by atoms with Crippen molar-refractivity contribution in [3.05, 3.63) is 58.0 Å². The first-order valence-corrected chi connectivity index (χ1v) is 7.65. The van der Waals surface area contributed by atoms with E-state index in [0.29, 0.717) is 21.4 Å². The van der Waals surface area contributed by atoms with Crippen molar-refractivity contribution in [3.8, 4) is 0 Å². The Balaban J connectivity index is 1.81. The second kappa shape index (κ2) is 8.04. The predicted molar refractivity (Wildman–Crippen MR) is 86.3 cm³/mol. The third kappa shape index (κ3) is 5.30. The molecule has 2 rings (SSSR count). The number of hydrogen-bond acceptors (Lipinski definition) is 4. The molecular weight excluding hydrogens is 341 g/mol. The lowest BCUT2D eigenvalue weighted by Gasteiger charge is -2.13. The summed E-state index contributed by atoms with van der Waals surface area (Å²) >= 11 is 11.7. The Bertz CT molecular complexity index is 685. The maximum absolute atomic E-state index is 11.9. The van der Waals surface area contributed by atoms with Crippen LogP contribution in [0.3, 0.4) is 0 Å². The van der Waals surface area contributed by atoms with Crippen LogP contribution in [0.1, 0.15) is 18.2 Å². The lowest BCUT2D eigenvalue weighted by atomic mass is 10.1. The van der Waals surface area contributed by atoms with Gasteiger partial charge in [0.15, 0.2) is 6.10 Å². The van der Waals surface area contributed by atoms with Gasteiger partial charge in [-0.2, -0.15) is 0 Å². The summed E-state index contributed by atoms with van der Waals surface area (Å²) in [6.07, 6.45) is 0.620. The highest BCUT2D eigenvalue weighted by Gasteiger charge is 2.18. The number of halogens is 2. The minimum atomic E-state index is -0.903. The molecule has 1 aromatic heterocycles. The van der Waals surface area contributed by atoms with Crippen molar-refractivity contribution in [2.75, 3.05) is 0 Å². The number of rotatable bonds is 6. The summed E-state index contributed by atoms with van der Waals surface area (Å²) in [4.78, 5) is 23.7. The van der Waals surface area contributed by atoms with E-state index in [1.165, 1.54) is 13.2 Å². The zero-order valence-corrected chi connectivity index (χ0v) is 13.9. The third-order valence-electron chi connectivity index (χ3n) is 3.03. The Labute approximate surface area is 143 Å². The first-order valence-electron chi connectivity index (χ1n) is 6.89. The lowest BCUT2D eigenvalue weighted by Crippen LogP contribution is -2.35. The van der Waals surface area contributed by atoms with Gasteiger partial charge in [0, 0.05) is 0 Å². The van der Waals surface area contributed by atoms with Gasteiger partial charge in [0.2, 0.25) is 0 Å². The normalized spacial score (nSPS) is 11.8. The molecule has 1 N–H and O–H groups in total. The van der Waals surface area contributed by atoms with E-state index in [1.807, 2.05) is 0 Å². The Morgan fingerprint density at radius 3 is 2.70 bits per heavy atom. The molecule has 0 spiro atoms. The minimum Gasteiger partial charge on any atom is -0.467 e. The molecule has 1 heterocycles. The van der Waals surface area contributed by atoms with Gasteiger partial charge in [0.05, 0.1) is 29.3 Å². The molecule has 0 unspecified atom stereocenters. The summed E-state index contributed by atoms with van der Waals surface area (Å²) in [5, 5.41) is 3.40. The van der Waals surface area contributed by atoms with Gasteiger partial charge >= 0.3 is 5.97 Å². The summed E-state index contributed by atoms with van der Waals surface area (Å²) in [6, 6.07) is 8.33. The molecule has 0 saturated carbocycles. The molecule has 122 valence electrons. The van der Waals surface area contributed by atoms with E-state index in [1.54, 1.807) is 30.3 Å². The first-order chi connectivity index (χ1) is 11.0. The number of amides is 1. The molecule has 0 saturated heterocycles. The van der Waals surface area contributed by atoms with Gasteiger partial charge in [0.25, 0.3) is 5.91 Å². The monoisotopic (exact) mass is 355 g/mol. The van der Waals surface area contributed by atoms with Crippen LogP contribution in [0, 0.1) is 0 Å². The standard InChI is InChI=1S/C16H15Cl2NO4/c1-10(16(21)19-9-12-3-2-6-22-12)23-15(20)8-11-4-5-13(17)14(18)7-11/h2-7,10H,8-9H2,1H3,(H,19,21)/t10-/m1/s1. The number of carbonyl (C=O) groups excluding carboxylic acids is 2. The Morgan fingerprint density at radius 2 is 2.04 bits per heavy atom. The highest BCUT2D eigenvalue weighted by atomic mass is 35.5. The molecule has 0 bridgehead atoms. The van der Waals surface area contributed by atoms with E-state index < -0.39 is 18.0 Å². The average Bonchev–Trinajstić information content (AvgIpc) is 3.01. The van der Waals surface area contributed by atoms with Crippen LogP contribution in [0.25, 0.3) is 0 Å². The minimum absolute atomic E-state index is 0.00664. The fourth-order valence-corrected chi connectivity index (χ4v) is 2.16. The van der Waals surface area contributed by atoms with Crippen LogP contribution in [0.5, 0.6) is 0 Å². The topological polar surface area (TPSA) is 68.5 Å². The number of nitrogens with one attached hydrogen (secondary N) is 1. The van der Waals surface area contributed by atoms with Crippen molar-refractivity contribution in [1.29, 1.82) is 0 Å². The largest absolute Gasteiger partial charge is 0.467 e. The van der Waals surface area contributed by atoms with Gasteiger partial charge in [-0.1, -0.05) is 29.3 Å². The van der Waals surface area contributed by atoms with Gasteiger partial charge in [-0.15, -0.1) is 0 Å². The SMILES string of the molecule is C[C@@H](OC(=O)Cc1ccc(Cl)c(Cl)c1)C(=O)NCc1ccco1. The van der Waals surface area contributed by atoms with Crippen LogP contribution in [-0.4, -0.2) is 18.0 Å². The Hall–Kier alpha value is -1.98. The number of hydrogen-bond donors (Lipinski definition) is 1. The number of furan rings is 1. The number of esters is 1. The average molecular weight is 356 g/mol. The predicted octanol–water partition coefficient (Wildman–Crippen LogP) is 3.38. The summed E-state index contributed by atoms with van der Waals surface area (Å²) in [5.74, 6) is -0.305. The van der Waals surface area contributed by atoms with Crippen LogP contribution in [-0.2, 0) is 27.3 Å². The van der Waals surface area contributed by atoms with Gasteiger partial charge in [0.1, 0.15) is 5.76 Å². The summed E-state index contributed by atoms with van der Waals surface area (Å²) in [5.41, 5.74) is 0.660. The molecule has 1 atom stereocenters. The van der Waals surface area contributed by atoms with Crippen LogP contribution < -0.4 is 5.32 Å². The van der Waals surface area contributed by atoms with E-state index in [4.69, 9.17) is 32.4 Å². The van der Waals surface area contributed by atoms with Crippen molar-refractivity contribution in [3.63, 3.8) is 0 Å². The third-order valence-corrected chi connectivity index (χ3v) is 3.77. The number of benzene rings is 1. The fourth-order valence-electron chi connectivity index (χ4n) is 1.84. The number of ether oxygens (including phenoxy) is 1. The van der Waals surface area contributed by atoms with Gasteiger partial charge in [-0.3, -0.25) is 9.59 Å². The molecule has 2 aromatic rings. The van der Waals surface area contributed by atoms with E-state index in [2.05, 4.69) is 5.32 Å². The molecule has 1 aromatic carbocycles.